The lowest BCUT2D eigenvalue weighted by Gasteiger charge is -2.60. The normalized spacial score (nSPS) is 40.6. The molecule has 2 aliphatic carbocycles. The van der Waals surface area contributed by atoms with Gasteiger partial charge in [-0.15, -0.1) is 0 Å². The standard InChI is InChI=1S/C21H32O2/c1-14-6-5-7-19-20(14,3)11-10-15(2)21(19,4)13-16-12-17(22)8-9-18(16)23/h8-9,12,14-15,19,22-23H,5-7,10-11,13H2,1-4H3. The van der Waals surface area contributed by atoms with Crippen molar-refractivity contribution in [1.29, 1.82) is 0 Å². The van der Waals surface area contributed by atoms with E-state index in [0.29, 0.717) is 23.0 Å². The summed E-state index contributed by atoms with van der Waals surface area (Å²) in [6.07, 6.45) is 7.46. The van der Waals surface area contributed by atoms with E-state index in [9.17, 15) is 10.2 Å². The molecular formula is C21H32O2. The van der Waals surface area contributed by atoms with Crippen molar-refractivity contribution in [1.82, 2.24) is 0 Å². The van der Waals surface area contributed by atoms with Crippen LogP contribution in [0, 0.1) is 28.6 Å². The van der Waals surface area contributed by atoms with Crippen molar-refractivity contribution < 1.29 is 10.2 Å². The average molecular weight is 316 g/mol. The molecule has 2 fully saturated rings. The molecule has 0 aromatic heterocycles. The summed E-state index contributed by atoms with van der Waals surface area (Å²) < 4.78 is 0. The summed E-state index contributed by atoms with van der Waals surface area (Å²) in [5.74, 6) is 2.71. The van der Waals surface area contributed by atoms with E-state index in [1.165, 1.54) is 32.1 Å². The second-order valence-electron chi connectivity index (χ2n) is 8.83. The van der Waals surface area contributed by atoms with Gasteiger partial charge in [-0.3, -0.25) is 0 Å². The number of phenolic OH excluding ortho intramolecular Hbond substituents is 2. The Balaban J connectivity index is 1.98. The lowest BCUT2D eigenvalue weighted by molar-refractivity contribution is -0.104. The molecule has 0 radical (unpaired) electrons. The monoisotopic (exact) mass is 316 g/mol. The Bertz CT molecular complexity index is 581. The van der Waals surface area contributed by atoms with Gasteiger partial charge in [0.05, 0.1) is 0 Å². The maximum atomic E-state index is 10.3. The van der Waals surface area contributed by atoms with E-state index >= 15 is 0 Å². The largest absolute Gasteiger partial charge is 0.508 e. The fraction of sp³-hybridized carbons (Fsp3) is 0.714. The molecule has 0 bridgehead atoms. The third-order valence-corrected chi connectivity index (χ3v) is 7.72. The molecule has 128 valence electrons. The minimum Gasteiger partial charge on any atom is -0.508 e. The molecule has 2 nitrogen and oxygen atoms in total. The van der Waals surface area contributed by atoms with Crippen LogP contribution in [0.15, 0.2) is 18.2 Å². The zero-order chi connectivity index (χ0) is 16.8. The summed E-state index contributed by atoms with van der Waals surface area (Å²) in [6.45, 7) is 9.77. The molecule has 1 aromatic rings. The van der Waals surface area contributed by atoms with Gasteiger partial charge >= 0.3 is 0 Å². The van der Waals surface area contributed by atoms with E-state index in [4.69, 9.17) is 0 Å². The highest BCUT2D eigenvalue weighted by Gasteiger charge is 2.54. The van der Waals surface area contributed by atoms with Gasteiger partial charge in [0.25, 0.3) is 0 Å². The quantitative estimate of drug-likeness (QED) is 0.705. The Morgan fingerprint density at radius 3 is 2.52 bits per heavy atom. The fourth-order valence-corrected chi connectivity index (χ4v) is 5.76. The van der Waals surface area contributed by atoms with Gasteiger partial charge in [0.2, 0.25) is 0 Å². The van der Waals surface area contributed by atoms with E-state index in [-0.39, 0.29) is 11.2 Å². The lowest BCUT2D eigenvalue weighted by atomic mass is 9.45. The number of phenols is 2. The van der Waals surface area contributed by atoms with Gasteiger partial charge in [0.15, 0.2) is 0 Å². The summed E-state index contributed by atoms with van der Waals surface area (Å²) in [5.41, 5.74) is 1.51. The number of rotatable bonds is 2. The van der Waals surface area contributed by atoms with Crippen LogP contribution in [0.1, 0.15) is 65.4 Å². The molecule has 0 heterocycles. The van der Waals surface area contributed by atoms with Crippen LogP contribution in [-0.4, -0.2) is 10.2 Å². The molecule has 0 amide bonds. The van der Waals surface area contributed by atoms with Crippen LogP contribution in [0.5, 0.6) is 11.5 Å². The SMILES string of the molecule is CC1CCCC2C1(C)CCC(C)C2(C)Cc1cc(O)ccc1O. The lowest BCUT2D eigenvalue weighted by Crippen LogP contribution is -2.53. The predicted molar refractivity (Wildman–Crippen MR) is 94.6 cm³/mol. The maximum Gasteiger partial charge on any atom is 0.119 e. The number of benzene rings is 1. The van der Waals surface area contributed by atoms with E-state index in [1.54, 1.807) is 18.2 Å². The first-order valence-corrected chi connectivity index (χ1v) is 9.28. The van der Waals surface area contributed by atoms with Crippen molar-refractivity contribution in [3.05, 3.63) is 23.8 Å². The molecule has 2 saturated carbocycles. The Hall–Kier alpha value is -1.18. The third-order valence-electron chi connectivity index (χ3n) is 7.72. The van der Waals surface area contributed by atoms with Gasteiger partial charge in [-0.05, 0) is 78.0 Å². The second-order valence-corrected chi connectivity index (χ2v) is 8.83. The summed E-state index contributed by atoms with van der Waals surface area (Å²) in [4.78, 5) is 0. The minimum atomic E-state index is 0.187. The Labute approximate surface area is 140 Å². The second kappa shape index (κ2) is 5.72. The van der Waals surface area contributed by atoms with Crippen molar-refractivity contribution >= 4 is 0 Å². The van der Waals surface area contributed by atoms with Crippen LogP contribution >= 0.6 is 0 Å². The molecular weight excluding hydrogens is 284 g/mol. The number of aromatic hydroxyl groups is 2. The summed E-state index contributed by atoms with van der Waals surface area (Å²) >= 11 is 0. The van der Waals surface area contributed by atoms with Crippen LogP contribution in [0.3, 0.4) is 0 Å². The van der Waals surface area contributed by atoms with E-state index in [2.05, 4.69) is 27.7 Å². The van der Waals surface area contributed by atoms with Crippen LogP contribution in [-0.2, 0) is 6.42 Å². The molecule has 0 saturated heterocycles. The van der Waals surface area contributed by atoms with Crippen molar-refractivity contribution in [3.8, 4) is 11.5 Å². The Kier molecular flexibility index (Phi) is 4.14. The topological polar surface area (TPSA) is 40.5 Å². The summed E-state index contributed by atoms with van der Waals surface area (Å²) in [7, 11) is 0. The molecule has 2 aliphatic rings. The molecule has 0 spiro atoms. The first kappa shape index (κ1) is 16.7. The average Bonchev–Trinajstić information content (AvgIpc) is 2.50. The molecule has 1 aromatic carbocycles. The highest BCUT2D eigenvalue weighted by Crippen LogP contribution is 2.62. The molecule has 5 unspecified atom stereocenters. The number of hydrogen-bond donors (Lipinski definition) is 2. The predicted octanol–water partition coefficient (Wildman–Crippen LogP) is 5.52. The van der Waals surface area contributed by atoms with Crippen molar-refractivity contribution in [2.24, 2.45) is 28.6 Å². The van der Waals surface area contributed by atoms with Crippen LogP contribution in [0.4, 0.5) is 0 Å². The molecule has 23 heavy (non-hydrogen) atoms. The van der Waals surface area contributed by atoms with E-state index in [1.807, 2.05) is 0 Å². The first-order chi connectivity index (χ1) is 10.8. The molecule has 5 atom stereocenters. The van der Waals surface area contributed by atoms with E-state index < -0.39 is 0 Å². The fourth-order valence-electron chi connectivity index (χ4n) is 5.76. The van der Waals surface area contributed by atoms with Gasteiger partial charge in [-0.1, -0.05) is 40.5 Å². The Morgan fingerprint density at radius 2 is 1.78 bits per heavy atom. The van der Waals surface area contributed by atoms with Gasteiger partial charge in [0.1, 0.15) is 11.5 Å². The Morgan fingerprint density at radius 1 is 1.04 bits per heavy atom. The molecule has 0 aliphatic heterocycles. The zero-order valence-corrected chi connectivity index (χ0v) is 15.1. The maximum absolute atomic E-state index is 10.3. The van der Waals surface area contributed by atoms with Gasteiger partial charge < -0.3 is 10.2 Å². The van der Waals surface area contributed by atoms with E-state index in [0.717, 1.165) is 17.9 Å². The third kappa shape index (κ3) is 2.64. The van der Waals surface area contributed by atoms with Gasteiger partial charge in [0, 0.05) is 0 Å². The van der Waals surface area contributed by atoms with Gasteiger partial charge in [-0.25, -0.2) is 0 Å². The summed E-state index contributed by atoms with van der Waals surface area (Å²) in [6, 6.07) is 4.95. The minimum absolute atomic E-state index is 0.187. The van der Waals surface area contributed by atoms with Crippen LogP contribution in [0.2, 0.25) is 0 Å². The van der Waals surface area contributed by atoms with Crippen LogP contribution in [0.25, 0.3) is 0 Å². The van der Waals surface area contributed by atoms with Crippen molar-refractivity contribution in [3.63, 3.8) is 0 Å². The van der Waals surface area contributed by atoms with Crippen molar-refractivity contribution in [2.75, 3.05) is 0 Å². The molecule has 2 N–H and O–H groups in total. The highest BCUT2D eigenvalue weighted by atomic mass is 16.3. The van der Waals surface area contributed by atoms with Gasteiger partial charge in [-0.2, -0.15) is 0 Å². The highest BCUT2D eigenvalue weighted by molar-refractivity contribution is 5.39. The summed E-state index contributed by atoms with van der Waals surface area (Å²) in [5, 5.41) is 20.1. The van der Waals surface area contributed by atoms with Crippen LogP contribution < -0.4 is 0 Å². The smallest absolute Gasteiger partial charge is 0.119 e. The van der Waals surface area contributed by atoms with Crippen molar-refractivity contribution in [2.45, 2.75) is 66.2 Å². The molecule has 2 heteroatoms. The number of fused-ring (bicyclic) bond motifs is 1. The first-order valence-electron chi connectivity index (χ1n) is 9.28. The molecule has 3 rings (SSSR count). The number of hydrogen-bond acceptors (Lipinski definition) is 2. The zero-order valence-electron chi connectivity index (χ0n) is 15.1.